The predicted molar refractivity (Wildman–Crippen MR) is 236 cm³/mol. The van der Waals surface area contributed by atoms with Crippen LogP contribution in [0.25, 0.3) is 0 Å². The van der Waals surface area contributed by atoms with Gasteiger partial charge in [-0.25, -0.2) is 14.4 Å². The van der Waals surface area contributed by atoms with Crippen molar-refractivity contribution in [2.24, 2.45) is 23.7 Å². The number of alkyl carbamates (subject to hydrolysis) is 1. The minimum atomic E-state index is -1.41. The number of ether oxygens (including phenoxy) is 3. The topological polar surface area (TPSA) is 228 Å². The average Bonchev–Trinajstić information content (AvgIpc) is 3.18. The zero-order valence-electron chi connectivity index (χ0n) is 37.2. The molecule has 4 aliphatic rings. The molecule has 2 aromatic carbocycles. The monoisotopic (exact) mass is 893 g/mol. The number of amides is 5. The largest absolute Gasteiger partial charge is 0.514 e. The van der Waals surface area contributed by atoms with Gasteiger partial charge in [0.1, 0.15) is 40.6 Å². The quantitative estimate of drug-likeness (QED) is 0.0867. The number of carbonyl (C=O) groups excluding carboxylic acids is 6. The number of hydrogen-bond donors (Lipinski definition) is 6. The van der Waals surface area contributed by atoms with E-state index in [9.17, 15) is 38.7 Å². The molecule has 17 heteroatoms. The number of hydrogen-bond acceptors (Lipinski definition) is 11. The van der Waals surface area contributed by atoms with Crippen molar-refractivity contribution >= 4 is 53.6 Å². The second-order valence-electron chi connectivity index (χ2n) is 18.9. The number of carboxylic acids is 1. The van der Waals surface area contributed by atoms with Crippen LogP contribution in [0, 0.1) is 23.7 Å². The Hall–Kier alpha value is -5.32. The Morgan fingerprint density at radius 1 is 0.714 bits per heavy atom. The minimum Gasteiger partial charge on any atom is -0.480 e. The highest BCUT2D eigenvalue weighted by atomic mass is 32.2. The summed E-state index contributed by atoms with van der Waals surface area (Å²) < 4.78 is 16.1. The number of benzene rings is 2. The molecule has 3 atom stereocenters. The fourth-order valence-electron chi connectivity index (χ4n) is 9.18. The van der Waals surface area contributed by atoms with E-state index in [1.807, 2.05) is 12.3 Å². The first-order valence-corrected chi connectivity index (χ1v) is 23.0. The lowest BCUT2D eigenvalue weighted by molar-refractivity contribution is -0.153. The van der Waals surface area contributed by atoms with Gasteiger partial charge in [0, 0.05) is 12.8 Å². The van der Waals surface area contributed by atoms with Gasteiger partial charge in [0.05, 0.1) is 6.54 Å². The molecule has 0 unspecified atom stereocenters. The lowest BCUT2D eigenvalue weighted by Crippen LogP contribution is -2.74. The lowest BCUT2D eigenvalue weighted by Gasteiger charge is -2.60. The van der Waals surface area contributed by atoms with Gasteiger partial charge in [-0.1, -0.05) is 42.5 Å². The standard InChI is InChI=1S/C46H63N5O11S/c1-44(2,3)61-42(58)50-36(25-28-13-15-33(16-14-28)60-43(59)62-45(4,5)6)39(54)51-46(31-20-29-19-30(22-31)23-32(46)21-29)41(57)47-26-37(52)48-35(24-27-11-9-8-10-12-27)38(53)49-34(40(55)56)17-18-63-7/h8-16,29-32,34-36H,17-26H2,1-7H3,(H,47,57)(H,48,52)(H,49,53)(H,50,58)(H,51,54)(H,55,56)/t29?,30?,31?,32?,34-,35-,36-,46?/m0/s1. The molecule has 0 heterocycles. The summed E-state index contributed by atoms with van der Waals surface area (Å²) in [5, 5.41) is 23.7. The molecule has 16 nitrogen and oxygen atoms in total. The van der Waals surface area contributed by atoms with Crippen LogP contribution in [0.4, 0.5) is 9.59 Å². The van der Waals surface area contributed by atoms with Crippen LogP contribution in [0.15, 0.2) is 54.6 Å². The van der Waals surface area contributed by atoms with Crippen LogP contribution in [0.3, 0.4) is 0 Å². The Kier molecular flexibility index (Phi) is 16.2. The van der Waals surface area contributed by atoms with E-state index in [0.717, 1.165) is 12.0 Å². The fourth-order valence-corrected chi connectivity index (χ4v) is 9.65. The number of thioether (sulfide) groups is 1. The third kappa shape index (κ3) is 13.8. The van der Waals surface area contributed by atoms with Crippen LogP contribution in [0.5, 0.6) is 5.75 Å². The van der Waals surface area contributed by atoms with Crippen LogP contribution < -0.4 is 31.3 Å². The Morgan fingerprint density at radius 3 is 1.81 bits per heavy atom. The molecule has 4 fully saturated rings. The van der Waals surface area contributed by atoms with Crippen LogP contribution in [0.2, 0.25) is 0 Å². The summed E-state index contributed by atoms with van der Waals surface area (Å²) in [5.41, 5.74) is -1.70. The zero-order chi connectivity index (χ0) is 46.1. The Labute approximate surface area is 373 Å². The number of carbonyl (C=O) groups is 7. The highest BCUT2D eigenvalue weighted by molar-refractivity contribution is 7.98. The van der Waals surface area contributed by atoms with Crippen molar-refractivity contribution in [3.05, 3.63) is 65.7 Å². The van der Waals surface area contributed by atoms with Gasteiger partial charge in [0.15, 0.2) is 0 Å². The summed E-state index contributed by atoms with van der Waals surface area (Å²) in [4.78, 5) is 93.9. The minimum absolute atomic E-state index is 0.0105. The maximum atomic E-state index is 14.7. The van der Waals surface area contributed by atoms with Gasteiger partial charge in [0.2, 0.25) is 23.6 Å². The molecule has 344 valence electrons. The first kappa shape index (κ1) is 48.7. The van der Waals surface area contributed by atoms with Gasteiger partial charge in [-0.15, -0.1) is 0 Å². The molecular weight excluding hydrogens is 831 g/mol. The SMILES string of the molecule is CSCC[C@H](NC(=O)[C@H](Cc1ccccc1)NC(=O)CNC(=O)C1(NC(=O)[C@H](Cc2ccc(OC(=O)OC(C)(C)C)cc2)NC(=O)OC(C)(C)C)C2CC3CC(C2)CC1C3)C(=O)O. The van der Waals surface area contributed by atoms with Crippen molar-refractivity contribution in [3.63, 3.8) is 0 Å². The number of rotatable bonds is 18. The van der Waals surface area contributed by atoms with Gasteiger partial charge >= 0.3 is 18.2 Å². The molecule has 63 heavy (non-hydrogen) atoms. The first-order valence-electron chi connectivity index (χ1n) is 21.6. The van der Waals surface area contributed by atoms with E-state index in [4.69, 9.17) is 14.2 Å². The summed E-state index contributed by atoms with van der Waals surface area (Å²) in [6.45, 7) is 9.73. The smallest absolute Gasteiger partial charge is 0.480 e. The number of nitrogens with one attached hydrogen (secondary N) is 5. The third-order valence-electron chi connectivity index (χ3n) is 11.7. The molecule has 0 aliphatic heterocycles. The highest BCUT2D eigenvalue weighted by Crippen LogP contribution is 2.58. The van der Waals surface area contributed by atoms with E-state index in [2.05, 4.69) is 26.6 Å². The highest BCUT2D eigenvalue weighted by Gasteiger charge is 2.62. The molecule has 0 spiro atoms. The zero-order valence-corrected chi connectivity index (χ0v) is 38.1. The maximum absolute atomic E-state index is 14.7. The van der Waals surface area contributed by atoms with E-state index in [1.165, 1.54) is 11.8 Å². The van der Waals surface area contributed by atoms with E-state index >= 15 is 0 Å². The number of aliphatic carboxylic acids is 1. The molecule has 4 saturated carbocycles. The molecule has 0 aromatic heterocycles. The summed E-state index contributed by atoms with van der Waals surface area (Å²) >= 11 is 1.45. The van der Waals surface area contributed by atoms with E-state index in [0.29, 0.717) is 48.8 Å². The fraction of sp³-hybridized carbons (Fsp3) is 0.587. The van der Waals surface area contributed by atoms with E-state index in [1.54, 1.807) is 90.1 Å². The van der Waals surface area contributed by atoms with Crippen molar-refractivity contribution in [3.8, 4) is 5.75 Å². The first-order chi connectivity index (χ1) is 29.6. The maximum Gasteiger partial charge on any atom is 0.514 e. The lowest BCUT2D eigenvalue weighted by atomic mass is 9.48. The van der Waals surface area contributed by atoms with Gasteiger partial charge < -0.3 is 45.9 Å². The molecule has 2 aromatic rings. The van der Waals surface area contributed by atoms with Crippen LogP contribution >= 0.6 is 11.8 Å². The van der Waals surface area contributed by atoms with Crippen molar-refractivity contribution < 1.29 is 52.9 Å². The van der Waals surface area contributed by atoms with Crippen LogP contribution in [-0.2, 0) is 46.3 Å². The molecule has 5 amide bonds. The van der Waals surface area contributed by atoms with Crippen molar-refractivity contribution in [2.45, 2.75) is 128 Å². The van der Waals surface area contributed by atoms with Crippen LogP contribution in [-0.4, -0.2) is 100 Å². The van der Waals surface area contributed by atoms with Gasteiger partial charge in [-0.05, 0) is 139 Å². The Balaban J connectivity index is 1.35. The second kappa shape index (κ2) is 20.9. The molecule has 4 bridgehead atoms. The van der Waals surface area contributed by atoms with Crippen molar-refractivity contribution in [2.75, 3.05) is 18.6 Å². The summed E-state index contributed by atoms with van der Waals surface area (Å²) in [5.74, 6) is -2.66. The average molecular weight is 894 g/mol. The Bertz CT molecular complexity index is 1940. The second-order valence-corrected chi connectivity index (χ2v) is 19.9. The van der Waals surface area contributed by atoms with Gasteiger partial charge in [-0.3, -0.25) is 19.2 Å². The Morgan fingerprint density at radius 2 is 1.27 bits per heavy atom. The predicted octanol–water partition coefficient (Wildman–Crippen LogP) is 4.91. The normalized spacial score (nSPS) is 22.7. The van der Waals surface area contributed by atoms with Crippen LogP contribution in [0.1, 0.15) is 91.2 Å². The van der Waals surface area contributed by atoms with Gasteiger partial charge in [0.25, 0.3) is 0 Å². The van der Waals surface area contributed by atoms with E-state index < -0.39 is 83.3 Å². The summed E-state index contributed by atoms with van der Waals surface area (Å²) in [6.07, 6.45) is 4.25. The summed E-state index contributed by atoms with van der Waals surface area (Å²) in [7, 11) is 0. The van der Waals surface area contributed by atoms with Crippen molar-refractivity contribution in [1.29, 1.82) is 0 Å². The molecule has 6 rings (SSSR count). The van der Waals surface area contributed by atoms with Gasteiger partial charge in [-0.2, -0.15) is 11.8 Å². The molecule has 0 saturated heterocycles. The molecule has 0 radical (unpaired) electrons. The molecule has 6 N–H and O–H groups in total. The molecule has 4 aliphatic carbocycles. The third-order valence-corrected chi connectivity index (χ3v) is 12.3. The van der Waals surface area contributed by atoms with Crippen molar-refractivity contribution in [1.82, 2.24) is 26.6 Å². The molecular formula is C46H63N5O11S. The summed E-state index contributed by atoms with van der Waals surface area (Å²) in [6, 6.07) is 11.8. The van der Waals surface area contributed by atoms with E-state index in [-0.39, 0.29) is 36.8 Å². The number of carboxylic acid groups (broad SMARTS) is 1.